The van der Waals surface area contributed by atoms with E-state index in [9.17, 15) is 10.1 Å². The van der Waals surface area contributed by atoms with Crippen molar-refractivity contribution < 1.29 is 9.66 Å². The van der Waals surface area contributed by atoms with Crippen molar-refractivity contribution in [3.8, 4) is 11.6 Å². The third-order valence-corrected chi connectivity index (χ3v) is 4.90. The second-order valence-corrected chi connectivity index (χ2v) is 6.90. The number of pyridine rings is 1. The van der Waals surface area contributed by atoms with Crippen molar-refractivity contribution in [3.05, 3.63) is 46.6 Å². The molecule has 0 amide bonds. The number of rotatable bonds is 6. The first-order valence-corrected chi connectivity index (χ1v) is 9.20. The van der Waals surface area contributed by atoms with Crippen LogP contribution in [0.5, 0.6) is 11.6 Å². The fraction of sp³-hybridized carbons (Fsp3) is 0.421. The number of anilines is 1. The molecule has 3 rings (SSSR count). The molecule has 1 aromatic heterocycles. The fourth-order valence-corrected chi connectivity index (χ4v) is 3.48. The summed E-state index contributed by atoms with van der Waals surface area (Å²) in [7, 11) is 1.96. The number of benzene rings is 1. The third-order valence-electron chi connectivity index (χ3n) is 4.90. The Morgan fingerprint density at radius 1 is 1.31 bits per heavy atom. The maximum Gasteiger partial charge on any atom is 0.292 e. The van der Waals surface area contributed by atoms with Crippen molar-refractivity contribution in [3.63, 3.8) is 0 Å². The summed E-state index contributed by atoms with van der Waals surface area (Å²) < 4.78 is 5.80. The van der Waals surface area contributed by atoms with Crippen molar-refractivity contribution >= 4 is 24.7 Å². The zero-order valence-electron chi connectivity index (χ0n) is 15.4. The van der Waals surface area contributed by atoms with Gasteiger partial charge in [0, 0.05) is 37.5 Å². The predicted octanol–water partition coefficient (Wildman–Crippen LogP) is 3.06. The highest BCUT2D eigenvalue weighted by Gasteiger charge is 2.25. The van der Waals surface area contributed by atoms with Gasteiger partial charge in [0.05, 0.1) is 4.92 Å². The molecular formula is C19H24BN3O3. The molecule has 136 valence electrons. The fourth-order valence-electron chi connectivity index (χ4n) is 3.48. The molecular weight excluding hydrogens is 329 g/mol. The second kappa shape index (κ2) is 8.21. The first-order valence-electron chi connectivity index (χ1n) is 9.20. The SMILES string of the molecule is Bc1ccc(Oc2ccc([N+](=O)[O-])c(N3CCC(CCC)CC3)c2)nc1. The van der Waals surface area contributed by atoms with Crippen LogP contribution in [0.4, 0.5) is 11.4 Å². The van der Waals surface area contributed by atoms with E-state index in [0.29, 0.717) is 17.3 Å². The van der Waals surface area contributed by atoms with Gasteiger partial charge in [0.1, 0.15) is 19.3 Å². The minimum atomic E-state index is -0.318. The standard InChI is InChI=1S/C19H24BN3O3/c1-2-3-14-8-10-22(11-9-14)18-12-16(5-6-17(18)23(24)25)26-19-7-4-15(20)13-21-19/h4-7,12-14H,2-3,8-11,20H2,1H3. The molecule has 1 fully saturated rings. The Morgan fingerprint density at radius 3 is 2.69 bits per heavy atom. The van der Waals surface area contributed by atoms with Crippen LogP contribution >= 0.6 is 0 Å². The number of aromatic nitrogens is 1. The van der Waals surface area contributed by atoms with Gasteiger partial charge in [-0.15, -0.1) is 0 Å². The first-order chi connectivity index (χ1) is 12.6. The van der Waals surface area contributed by atoms with Gasteiger partial charge in [-0.3, -0.25) is 10.1 Å². The monoisotopic (exact) mass is 353 g/mol. The van der Waals surface area contributed by atoms with E-state index in [-0.39, 0.29) is 10.6 Å². The van der Waals surface area contributed by atoms with E-state index >= 15 is 0 Å². The molecule has 1 aliphatic heterocycles. The highest BCUT2D eigenvalue weighted by molar-refractivity contribution is 6.32. The lowest BCUT2D eigenvalue weighted by molar-refractivity contribution is -0.384. The zero-order chi connectivity index (χ0) is 18.5. The Morgan fingerprint density at radius 2 is 2.08 bits per heavy atom. The largest absolute Gasteiger partial charge is 0.439 e. The number of ether oxygens (including phenoxy) is 1. The highest BCUT2D eigenvalue weighted by Crippen LogP contribution is 2.36. The highest BCUT2D eigenvalue weighted by atomic mass is 16.6. The molecule has 1 aromatic carbocycles. The number of piperidine rings is 1. The average molecular weight is 353 g/mol. The van der Waals surface area contributed by atoms with Crippen molar-refractivity contribution in [2.75, 3.05) is 18.0 Å². The molecule has 0 unspecified atom stereocenters. The van der Waals surface area contributed by atoms with Crippen LogP contribution in [0.15, 0.2) is 36.5 Å². The van der Waals surface area contributed by atoms with Crippen molar-refractivity contribution in [2.24, 2.45) is 5.92 Å². The Labute approximate surface area is 154 Å². The van der Waals surface area contributed by atoms with Gasteiger partial charge in [-0.25, -0.2) is 4.98 Å². The summed E-state index contributed by atoms with van der Waals surface area (Å²) in [4.78, 5) is 17.5. The molecule has 0 atom stereocenters. The van der Waals surface area contributed by atoms with Gasteiger partial charge in [-0.2, -0.15) is 0 Å². The number of nitro benzene ring substituents is 1. The molecule has 6 nitrogen and oxygen atoms in total. The lowest BCUT2D eigenvalue weighted by Gasteiger charge is -2.33. The number of hydrogen-bond donors (Lipinski definition) is 0. The molecule has 2 heterocycles. The summed E-state index contributed by atoms with van der Waals surface area (Å²) in [6.45, 7) is 3.90. The van der Waals surface area contributed by atoms with Crippen molar-refractivity contribution in [1.29, 1.82) is 0 Å². The van der Waals surface area contributed by atoms with Crippen molar-refractivity contribution in [1.82, 2.24) is 4.98 Å². The molecule has 1 saturated heterocycles. The molecule has 1 aliphatic rings. The predicted molar refractivity (Wildman–Crippen MR) is 105 cm³/mol. The van der Waals surface area contributed by atoms with E-state index in [1.807, 2.05) is 13.9 Å². The van der Waals surface area contributed by atoms with Crippen molar-refractivity contribution in [2.45, 2.75) is 32.6 Å². The first kappa shape index (κ1) is 18.2. The minimum Gasteiger partial charge on any atom is -0.439 e. The van der Waals surface area contributed by atoms with Crippen LogP contribution in [0, 0.1) is 16.0 Å². The van der Waals surface area contributed by atoms with Crippen LogP contribution in [-0.2, 0) is 0 Å². The zero-order valence-corrected chi connectivity index (χ0v) is 15.4. The third kappa shape index (κ3) is 4.34. The van der Waals surface area contributed by atoms with Crippen LogP contribution in [0.1, 0.15) is 32.6 Å². The smallest absolute Gasteiger partial charge is 0.292 e. The summed E-state index contributed by atoms with van der Waals surface area (Å²) >= 11 is 0. The lowest BCUT2D eigenvalue weighted by atomic mass is 9.92. The second-order valence-electron chi connectivity index (χ2n) is 6.90. The van der Waals surface area contributed by atoms with Gasteiger partial charge in [0.2, 0.25) is 5.88 Å². The Bertz CT molecular complexity index is 759. The lowest BCUT2D eigenvalue weighted by Crippen LogP contribution is -2.34. The number of nitrogens with zero attached hydrogens (tertiary/aromatic N) is 3. The van der Waals surface area contributed by atoms with Gasteiger partial charge >= 0.3 is 0 Å². The summed E-state index contributed by atoms with van der Waals surface area (Å²) in [5, 5.41) is 11.5. The van der Waals surface area contributed by atoms with Gasteiger partial charge in [0.25, 0.3) is 5.69 Å². The van der Waals surface area contributed by atoms with Crippen LogP contribution in [0.3, 0.4) is 0 Å². The molecule has 0 bridgehead atoms. The van der Waals surface area contributed by atoms with E-state index in [0.717, 1.165) is 37.3 Å². The molecule has 0 radical (unpaired) electrons. The van der Waals surface area contributed by atoms with E-state index in [1.165, 1.54) is 18.9 Å². The Hall–Kier alpha value is -2.57. The average Bonchev–Trinajstić information content (AvgIpc) is 2.64. The van der Waals surface area contributed by atoms with Gasteiger partial charge in [-0.05, 0) is 24.8 Å². The molecule has 0 saturated carbocycles. The maximum atomic E-state index is 11.5. The van der Waals surface area contributed by atoms with Crippen LogP contribution in [0.2, 0.25) is 0 Å². The summed E-state index contributed by atoms with van der Waals surface area (Å²) in [5.41, 5.74) is 1.81. The topological polar surface area (TPSA) is 68.5 Å². The molecule has 2 aromatic rings. The van der Waals surface area contributed by atoms with Gasteiger partial charge < -0.3 is 9.64 Å². The number of nitro groups is 1. The van der Waals surface area contributed by atoms with Crippen LogP contribution in [-0.4, -0.2) is 30.8 Å². The van der Waals surface area contributed by atoms with Crippen LogP contribution < -0.4 is 15.1 Å². The Balaban J connectivity index is 1.80. The van der Waals surface area contributed by atoms with Gasteiger partial charge in [-0.1, -0.05) is 31.3 Å². The van der Waals surface area contributed by atoms with E-state index < -0.39 is 0 Å². The summed E-state index contributed by atoms with van der Waals surface area (Å²) in [6.07, 6.45) is 6.32. The molecule has 0 N–H and O–H groups in total. The normalized spacial score (nSPS) is 15.0. The maximum absolute atomic E-state index is 11.5. The Kier molecular flexibility index (Phi) is 5.76. The molecule has 7 heteroatoms. The summed E-state index contributed by atoms with van der Waals surface area (Å²) in [6, 6.07) is 8.64. The van der Waals surface area contributed by atoms with E-state index in [4.69, 9.17) is 4.74 Å². The van der Waals surface area contributed by atoms with E-state index in [1.54, 1.807) is 24.4 Å². The quantitative estimate of drug-likeness (QED) is 0.454. The molecule has 26 heavy (non-hydrogen) atoms. The summed E-state index contributed by atoms with van der Waals surface area (Å²) in [5.74, 6) is 1.78. The van der Waals surface area contributed by atoms with E-state index in [2.05, 4.69) is 16.8 Å². The molecule has 0 aliphatic carbocycles. The minimum absolute atomic E-state index is 0.128. The van der Waals surface area contributed by atoms with Crippen LogP contribution in [0.25, 0.3) is 0 Å². The van der Waals surface area contributed by atoms with Gasteiger partial charge in [0.15, 0.2) is 0 Å². The molecule has 0 spiro atoms. The number of hydrogen-bond acceptors (Lipinski definition) is 5.